The van der Waals surface area contributed by atoms with Gasteiger partial charge in [0.05, 0.1) is 12.5 Å². The van der Waals surface area contributed by atoms with Gasteiger partial charge in [-0.3, -0.25) is 4.79 Å². The van der Waals surface area contributed by atoms with Gasteiger partial charge in [0.25, 0.3) is 0 Å². The largest absolute Gasteiger partial charge is 0.490 e. The van der Waals surface area contributed by atoms with Gasteiger partial charge in [0.1, 0.15) is 11.4 Å². The van der Waals surface area contributed by atoms with Gasteiger partial charge in [-0.2, -0.15) is 17.6 Å². The third kappa shape index (κ3) is 6.77. The Bertz CT molecular complexity index is 1050. The van der Waals surface area contributed by atoms with Crippen LogP contribution in [0.5, 0.6) is 0 Å². The summed E-state index contributed by atoms with van der Waals surface area (Å²) in [7, 11) is 0. The van der Waals surface area contributed by atoms with Crippen molar-refractivity contribution in [3.05, 3.63) is 57.3 Å². The number of aliphatic carboxylic acids is 2. The first-order chi connectivity index (χ1) is 16.4. The summed E-state index contributed by atoms with van der Waals surface area (Å²) in [6, 6.07) is 7.94. The molecule has 2 N–H and O–H groups in total. The van der Waals surface area contributed by atoms with Gasteiger partial charge < -0.3 is 19.8 Å². The molecule has 0 amide bonds. The molecule has 0 bridgehead atoms. The van der Waals surface area contributed by atoms with E-state index in [-0.39, 0.29) is 17.4 Å². The van der Waals surface area contributed by atoms with Crippen LogP contribution in [0.25, 0.3) is 0 Å². The van der Waals surface area contributed by atoms with E-state index in [1.54, 1.807) is 24.3 Å². The molecule has 1 atom stereocenters. The minimum absolute atomic E-state index is 0.167. The number of piperidine rings is 1. The smallest absolute Gasteiger partial charge is 0.481 e. The summed E-state index contributed by atoms with van der Waals surface area (Å²) >= 11 is 1.17. The molecule has 12 heteroatoms. The Kier molecular flexibility index (Phi) is 8.50. The van der Waals surface area contributed by atoms with Crippen molar-refractivity contribution in [2.75, 3.05) is 26.2 Å². The van der Waals surface area contributed by atoms with Gasteiger partial charge in [0.2, 0.25) is 0 Å². The van der Waals surface area contributed by atoms with Crippen LogP contribution >= 0.6 is 11.3 Å². The molecule has 4 rings (SSSR count). The number of hydrogen-bond acceptors (Lipinski definition) is 5. The highest BCUT2D eigenvalue weighted by Crippen LogP contribution is 2.45. The molecule has 2 aliphatic rings. The van der Waals surface area contributed by atoms with Crippen LogP contribution in [-0.2, 0) is 32.8 Å². The van der Waals surface area contributed by atoms with Crippen LogP contribution in [0.15, 0.2) is 30.3 Å². The molecule has 192 valence electrons. The van der Waals surface area contributed by atoms with Crippen molar-refractivity contribution in [3.63, 3.8) is 0 Å². The number of halogens is 5. The van der Waals surface area contributed by atoms with Crippen molar-refractivity contribution in [2.24, 2.45) is 5.92 Å². The zero-order valence-electron chi connectivity index (χ0n) is 18.5. The number of fused-ring (bicyclic) bond motifs is 2. The van der Waals surface area contributed by atoms with Crippen LogP contribution in [0.2, 0.25) is 0 Å². The predicted molar refractivity (Wildman–Crippen MR) is 116 cm³/mol. The van der Waals surface area contributed by atoms with E-state index >= 15 is 0 Å². The highest BCUT2D eigenvalue weighted by molar-refractivity contribution is 7.10. The minimum Gasteiger partial charge on any atom is -0.481 e. The van der Waals surface area contributed by atoms with Crippen molar-refractivity contribution in [1.82, 2.24) is 4.90 Å². The third-order valence-electron chi connectivity index (χ3n) is 6.10. The minimum atomic E-state index is -5.08. The number of alkyl halides is 3. The molecule has 1 fully saturated rings. The molecule has 1 unspecified atom stereocenters. The average Bonchev–Trinajstić information content (AvgIpc) is 3.18. The number of carboxylic acids is 2. The third-order valence-corrected chi connectivity index (χ3v) is 7.25. The molecule has 2 aliphatic heterocycles. The lowest BCUT2D eigenvalue weighted by Crippen LogP contribution is -2.48. The fourth-order valence-corrected chi connectivity index (χ4v) is 5.46. The first-order valence-electron chi connectivity index (χ1n) is 10.8. The van der Waals surface area contributed by atoms with E-state index in [0.29, 0.717) is 44.6 Å². The second-order valence-electron chi connectivity index (χ2n) is 8.43. The number of carbonyl (C=O) groups is 2. The lowest BCUT2D eigenvalue weighted by molar-refractivity contribution is -0.192. The Hall–Kier alpha value is -2.57. The zero-order chi connectivity index (χ0) is 25.8. The number of ether oxygens (including phenoxy) is 1. The van der Waals surface area contributed by atoms with Crippen LogP contribution in [0, 0.1) is 16.9 Å². The van der Waals surface area contributed by atoms with Crippen molar-refractivity contribution in [1.29, 1.82) is 0 Å². The zero-order valence-corrected chi connectivity index (χ0v) is 19.3. The summed E-state index contributed by atoms with van der Waals surface area (Å²) in [5, 5.41) is 16.6. The molecule has 0 aliphatic carbocycles. The molecule has 3 heterocycles. The number of benzene rings is 1. The van der Waals surface area contributed by atoms with Gasteiger partial charge in [-0.15, -0.1) is 11.3 Å². The van der Waals surface area contributed by atoms with Gasteiger partial charge in [0.15, 0.2) is 5.13 Å². The number of thiophene rings is 1. The number of likely N-dealkylation sites (tertiary alicyclic amines) is 1. The average molecular weight is 522 g/mol. The van der Waals surface area contributed by atoms with Crippen LogP contribution < -0.4 is 0 Å². The second kappa shape index (κ2) is 11.0. The Morgan fingerprint density at radius 1 is 1.14 bits per heavy atom. The van der Waals surface area contributed by atoms with Crippen LogP contribution in [0.1, 0.15) is 28.8 Å². The van der Waals surface area contributed by atoms with Gasteiger partial charge >= 0.3 is 18.1 Å². The maximum atomic E-state index is 13.9. The van der Waals surface area contributed by atoms with Crippen molar-refractivity contribution in [3.8, 4) is 0 Å². The van der Waals surface area contributed by atoms with Crippen molar-refractivity contribution < 1.29 is 46.5 Å². The molecular formula is C23H24F5NO5S. The lowest BCUT2D eigenvalue weighted by Gasteiger charge is -2.44. The standard InChI is InChI=1S/C21H23F2NO3S.C2HF3O2/c22-17-4-2-1-3-14(17)11-16(20(25)26)13-24-8-6-21(7-9-24)19-15(5-10-27-21)12-18(23)28-19;3-2(4,5)1(6)7/h1-4,12,16H,5-11,13H2,(H,25,26);(H,6,7). The van der Waals surface area contributed by atoms with Gasteiger partial charge in [-0.1, -0.05) is 18.2 Å². The molecule has 6 nitrogen and oxygen atoms in total. The fourth-order valence-electron chi connectivity index (χ4n) is 4.33. The maximum Gasteiger partial charge on any atom is 0.490 e. The summed E-state index contributed by atoms with van der Waals surface area (Å²) < 4.78 is 65.5. The lowest BCUT2D eigenvalue weighted by atomic mass is 9.85. The fraction of sp³-hybridized carbons (Fsp3) is 0.478. The highest BCUT2D eigenvalue weighted by atomic mass is 32.1. The molecule has 2 aromatic rings. The first-order valence-corrected chi connectivity index (χ1v) is 11.6. The first kappa shape index (κ1) is 27.0. The Morgan fingerprint density at radius 2 is 1.77 bits per heavy atom. The normalized spacial score (nSPS) is 18.3. The Morgan fingerprint density at radius 3 is 2.34 bits per heavy atom. The van der Waals surface area contributed by atoms with E-state index in [2.05, 4.69) is 4.90 Å². The van der Waals surface area contributed by atoms with E-state index in [1.807, 2.05) is 0 Å². The Labute approximate surface area is 201 Å². The maximum absolute atomic E-state index is 13.9. The van der Waals surface area contributed by atoms with Gasteiger partial charge in [0, 0.05) is 24.5 Å². The van der Waals surface area contributed by atoms with E-state index in [4.69, 9.17) is 14.6 Å². The molecule has 1 spiro atoms. The van der Waals surface area contributed by atoms with Crippen LogP contribution in [0.4, 0.5) is 22.0 Å². The molecular weight excluding hydrogens is 497 g/mol. The van der Waals surface area contributed by atoms with E-state index in [0.717, 1.165) is 16.9 Å². The van der Waals surface area contributed by atoms with E-state index in [1.165, 1.54) is 17.4 Å². The summed E-state index contributed by atoms with van der Waals surface area (Å²) in [4.78, 5) is 23.7. The monoisotopic (exact) mass is 521 g/mol. The number of hydrogen-bond donors (Lipinski definition) is 2. The summed E-state index contributed by atoms with van der Waals surface area (Å²) in [5.74, 6) is -4.71. The van der Waals surface area contributed by atoms with E-state index in [9.17, 15) is 31.9 Å². The SMILES string of the molecule is O=C(O)C(Cc1ccccc1F)CN1CCC2(CC1)OCCc1cc(F)sc12.O=C(O)C(F)(F)F. The number of carboxylic acid groups (broad SMARTS) is 2. The van der Waals surface area contributed by atoms with Crippen molar-refractivity contribution in [2.45, 2.75) is 37.5 Å². The molecule has 1 saturated heterocycles. The summed E-state index contributed by atoms with van der Waals surface area (Å²) in [6.45, 7) is 2.32. The molecule has 0 radical (unpaired) electrons. The summed E-state index contributed by atoms with van der Waals surface area (Å²) in [5.41, 5.74) is 1.03. The van der Waals surface area contributed by atoms with Gasteiger partial charge in [-0.25, -0.2) is 9.18 Å². The van der Waals surface area contributed by atoms with E-state index < -0.39 is 29.6 Å². The van der Waals surface area contributed by atoms with Gasteiger partial charge in [-0.05, 0) is 48.9 Å². The quantitative estimate of drug-likeness (QED) is 0.565. The topological polar surface area (TPSA) is 87.1 Å². The molecule has 1 aromatic carbocycles. The Balaban J connectivity index is 0.000000429. The second-order valence-corrected chi connectivity index (χ2v) is 9.43. The van der Waals surface area contributed by atoms with Crippen LogP contribution in [-0.4, -0.2) is 59.5 Å². The molecule has 0 saturated carbocycles. The number of nitrogens with zero attached hydrogens (tertiary/aromatic N) is 1. The molecule has 35 heavy (non-hydrogen) atoms. The van der Waals surface area contributed by atoms with Crippen molar-refractivity contribution >= 4 is 23.3 Å². The predicted octanol–water partition coefficient (Wildman–Crippen LogP) is 4.47. The van der Waals surface area contributed by atoms with Crippen LogP contribution in [0.3, 0.4) is 0 Å². The number of rotatable bonds is 5. The molecule has 1 aromatic heterocycles. The summed E-state index contributed by atoms with van der Waals surface area (Å²) in [6.07, 6.45) is -2.75. The highest BCUT2D eigenvalue weighted by Gasteiger charge is 2.43.